The molecule has 0 saturated carbocycles. The van der Waals surface area contributed by atoms with E-state index < -0.39 is 16.2 Å². The molecule has 0 aliphatic rings. The van der Waals surface area contributed by atoms with Gasteiger partial charge in [-0.2, -0.15) is 17.0 Å². The van der Waals surface area contributed by atoms with Gasteiger partial charge in [0.25, 0.3) is 10.2 Å². The van der Waals surface area contributed by atoms with E-state index in [4.69, 9.17) is 4.74 Å². The molecule has 8 heteroatoms. The number of nitrogens with zero attached hydrogens (tertiary/aromatic N) is 2. The summed E-state index contributed by atoms with van der Waals surface area (Å²) in [5.74, 6) is -0.438. The minimum Gasteiger partial charge on any atom is -0.469 e. The molecule has 0 aliphatic heterocycles. The number of rotatable bonds is 8. The molecule has 0 aromatic heterocycles. The van der Waals surface area contributed by atoms with Crippen molar-refractivity contribution in [2.75, 3.05) is 48.0 Å². The molecule has 0 bridgehead atoms. The molecule has 0 N–H and O–H groups in total. The van der Waals surface area contributed by atoms with E-state index in [1.165, 1.54) is 32.6 Å². The van der Waals surface area contributed by atoms with Gasteiger partial charge in [-0.05, 0) is 0 Å². The van der Waals surface area contributed by atoms with E-state index in [1.54, 1.807) is 0 Å². The number of ether oxygens (including phenoxy) is 2. The molecule has 0 aliphatic carbocycles. The van der Waals surface area contributed by atoms with Crippen molar-refractivity contribution in [1.82, 2.24) is 8.61 Å². The third kappa shape index (κ3) is 5.44. The van der Waals surface area contributed by atoms with Gasteiger partial charge in [0.2, 0.25) is 0 Å². The molecule has 0 aromatic carbocycles. The smallest absolute Gasteiger partial charge is 0.306 e. The Morgan fingerprint density at radius 3 is 2.12 bits per heavy atom. The first-order chi connectivity index (χ1) is 7.86. The summed E-state index contributed by atoms with van der Waals surface area (Å²) in [7, 11) is 2.11. The molecule has 0 rings (SSSR count). The monoisotopic (exact) mass is 268 g/mol. The Morgan fingerprint density at radius 1 is 1.12 bits per heavy atom. The molecular weight excluding hydrogens is 248 g/mol. The molecule has 17 heavy (non-hydrogen) atoms. The lowest BCUT2D eigenvalue weighted by Gasteiger charge is -2.23. The Hall–Kier alpha value is -0.700. The van der Waals surface area contributed by atoms with Crippen molar-refractivity contribution < 1.29 is 22.7 Å². The summed E-state index contributed by atoms with van der Waals surface area (Å²) in [6, 6.07) is 0. The lowest BCUT2D eigenvalue weighted by molar-refractivity contribution is -0.140. The first-order valence-electron chi connectivity index (χ1n) is 5.09. The molecule has 0 spiro atoms. The highest BCUT2D eigenvalue weighted by atomic mass is 32.2. The summed E-state index contributed by atoms with van der Waals surface area (Å²) < 4.78 is 35.3. The van der Waals surface area contributed by atoms with Gasteiger partial charge in [-0.25, -0.2) is 0 Å². The van der Waals surface area contributed by atoms with Crippen molar-refractivity contribution in [3.05, 3.63) is 0 Å². The molecule has 0 heterocycles. The molecule has 0 aromatic rings. The molecule has 0 radical (unpaired) electrons. The largest absolute Gasteiger partial charge is 0.469 e. The highest BCUT2D eigenvalue weighted by Gasteiger charge is 2.23. The van der Waals surface area contributed by atoms with E-state index >= 15 is 0 Å². The van der Waals surface area contributed by atoms with E-state index in [-0.39, 0.29) is 19.5 Å². The van der Waals surface area contributed by atoms with Gasteiger partial charge < -0.3 is 9.47 Å². The van der Waals surface area contributed by atoms with Crippen LogP contribution in [0.3, 0.4) is 0 Å². The van der Waals surface area contributed by atoms with Crippen LogP contribution in [0.25, 0.3) is 0 Å². The predicted molar refractivity (Wildman–Crippen MR) is 62.7 cm³/mol. The molecule has 7 nitrogen and oxygen atoms in total. The van der Waals surface area contributed by atoms with Crippen LogP contribution in [0.5, 0.6) is 0 Å². The maximum absolute atomic E-state index is 11.9. The van der Waals surface area contributed by atoms with Gasteiger partial charge >= 0.3 is 5.97 Å². The Labute approximate surface area is 102 Å². The Kier molecular flexibility index (Phi) is 7.28. The number of methoxy groups -OCH3 is 2. The zero-order chi connectivity index (χ0) is 13.5. The second-order valence-electron chi connectivity index (χ2n) is 3.47. The maximum atomic E-state index is 11.9. The zero-order valence-corrected chi connectivity index (χ0v) is 11.5. The first-order valence-corrected chi connectivity index (χ1v) is 6.49. The molecule has 0 saturated heterocycles. The minimum absolute atomic E-state index is 0.0321. The van der Waals surface area contributed by atoms with Gasteiger partial charge in [0.1, 0.15) is 0 Å². The van der Waals surface area contributed by atoms with Crippen molar-refractivity contribution in [3.63, 3.8) is 0 Å². The fraction of sp³-hybridized carbons (Fsp3) is 0.889. The summed E-state index contributed by atoms with van der Waals surface area (Å²) >= 11 is 0. The predicted octanol–water partition coefficient (Wildman–Crippen LogP) is -0.696. The van der Waals surface area contributed by atoms with Crippen LogP contribution < -0.4 is 0 Å². The van der Waals surface area contributed by atoms with Crippen molar-refractivity contribution in [2.45, 2.75) is 6.42 Å². The van der Waals surface area contributed by atoms with Crippen molar-refractivity contribution in [2.24, 2.45) is 0 Å². The second-order valence-corrected chi connectivity index (χ2v) is 5.61. The van der Waals surface area contributed by atoms with Crippen molar-refractivity contribution in [3.8, 4) is 0 Å². The summed E-state index contributed by atoms with van der Waals surface area (Å²) in [4.78, 5) is 10.9. The third-order valence-electron chi connectivity index (χ3n) is 2.26. The van der Waals surface area contributed by atoms with Gasteiger partial charge in [-0.15, -0.1) is 0 Å². The summed E-state index contributed by atoms with van der Waals surface area (Å²) in [6.07, 6.45) is 0.0321. The Bertz CT molecular complexity index is 330. The fourth-order valence-corrected chi connectivity index (χ4v) is 2.14. The van der Waals surface area contributed by atoms with Crippen LogP contribution in [0, 0.1) is 0 Å². The topological polar surface area (TPSA) is 76.2 Å². The normalized spacial score (nSPS) is 12.1. The van der Waals surface area contributed by atoms with Crippen molar-refractivity contribution in [1.29, 1.82) is 0 Å². The van der Waals surface area contributed by atoms with Gasteiger partial charge in [-0.1, -0.05) is 0 Å². The fourth-order valence-electron chi connectivity index (χ4n) is 1.04. The third-order valence-corrected chi connectivity index (χ3v) is 4.20. The number of carbonyl (C=O) groups is 1. The number of hydrogen-bond acceptors (Lipinski definition) is 5. The van der Waals surface area contributed by atoms with Crippen LogP contribution in [-0.2, 0) is 24.5 Å². The maximum Gasteiger partial charge on any atom is 0.306 e. The minimum atomic E-state index is -3.54. The number of esters is 1. The second kappa shape index (κ2) is 7.59. The van der Waals surface area contributed by atoms with E-state index in [2.05, 4.69) is 4.74 Å². The lowest BCUT2D eigenvalue weighted by atomic mass is 10.4. The number of carbonyl (C=O) groups excluding carboxylic acids is 1. The molecule has 0 atom stereocenters. The molecular formula is C9H20N2O5S. The van der Waals surface area contributed by atoms with Gasteiger partial charge in [0.05, 0.1) is 20.1 Å². The summed E-state index contributed by atoms with van der Waals surface area (Å²) in [5.41, 5.74) is 0. The van der Waals surface area contributed by atoms with Crippen LogP contribution in [0.1, 0.15) is 6.42 Å². The standard InChI is InChI=1S/C9H20N2O5S/c1-10(6-5-9(12)16-4)17(13,14)11(2)7-8-15-3/h5-8H2,1-4H3. The van der Waals surface area contributed by atoms with Gasteiger partial charge in [0.15, 0.2) is 0 Å². The quantitative estimate of drug-likeness (QED) is 0.544. The van der Waals surface area contributed by atoms with E-state index in [9.17, 15) is 13.2 Å². The zero-order valence-electron chi connectivity index (χ0n) is 10.7. The Morgan fingerprint density at radius 2 is 1.65 bits per heavy atom. The number of hydrogen-bond donors (Lipinski definition) is 0. The van der Waals surface area contributed by atoms with Crippen LogP contribution in [0.15, 0.2) is 0 Å². The van der Waals surface area contributed by atoms with Gasteiger partial charge in [-0.3, -0.25) is 4.79 Å². The first kappa shape index (κ1) is 16.3. The molecule has 0 unspecified atom stereocenters. The SMILES string of the molecule is COCCN(C)S(=O)(=O)N(C)CCC(=O)OC. The highest BCUT2D eigenvalue weighted by molar-refractivity contribution is 7.86. The summed E-state index contributed by atoms with van der Waals surface area (Å²) in [6.45, 7) is 0.675. The van der Waals surface area contributed by atoms with Crippen LogP contribution >= 0.6 is 0 Å². The van der Waals surface area contributed by atoms with Crippen LogP contribution in [-0.4, -0.2) is 71.0 Å². The van der Waals surface area contributed by atoms with E-state index in [0.29, 0.717) is 6.61 Å². The average Bonchev–Trinajstić information content (AvgIpc) is 2.31. The lowest BCUT2D eigenvalue weighted by Crippen LogP contribution is -2.41. The van der Waals surface area contributed by atoms with Gasteiger partial charge in [0, 0.05) is 34.3 Å². The number of likely N-dealkylation sites (N-methyl/N-ethyl adjacent to an activating group) is 1. The average molecular weight is 268 g/mol. The van der Waals surface area contributed by atoms with Crippen LogP contribution in [0.2, 0.25) is 0 Å². The van der Waals surface area contributed by atoms with E-state index in [1.807, 2.05) is 0 Å². The molecule has 0 fully saturated rings. The van der Waals surface area contributed by atoms with Crippen LogP contribution in [0.4, 0.5) is 0 Å². The molecule has 0 amide bonds. The Balaban J connectivity index is 4.33. The highest BCUT2D eigenvalue weighted by Crippen LogP contribution is 2.04. The van der Waals surface area contributed by atoms with E-state index in [0.717, 1.165) is 4.31 Å². The molecule has 102 valence electrons. The summed E-state index contributed by atoms with van der Waals surface area (Å²) in [5, 5.41) is 0. The van der Waals surface area contributed by atoms with Crippen molar-refractivity contribution >= 4 is 16.2 Å².